The zero-order valence-electron chi connectivity index (χ0n) is 14.6. The summed E-state index contributed by atoms with van der Waals surface area (Å²) in [6.07, 6.45) is 1.90. The van der Waals surface area contributed by atoms with Crippen molar-refractivity contribution >= 4 is 11.8 Å². The highest BCUT2D eigenvalue weighted by atomic mass is 16.5. The van der Waals surface area contributed by atoms with Crippen molar-refractivity contribution < 1.29 is 4.74 Å². The molecule has 2 rings (SSSR count). The van der Waals surface area contributed by atoms with Crippen LogP contribution >= 0.6 is 0 Å². The first-order valence-electron chi connectivity index (χ1n) is 8.24. The van der Waals surface area contributed by atoms with Gasteiger partial charge in [0, 0.05) is 58.6 Å². The van der Waals surface area contributed by atoms with Gasteiger partial charge in [-0.1, -0.05) is 13.8 Å². The van der Waals surface area contributed by atoms with Crippen molar-refractivity contribution in [3.63, 3.8) is 0 Å². The molecule has 1 aromatic rings. The molecule has 2 heterocycles. The van der Waals surface area contributed by atoms with Gasteiger partial charge in [0.25, 0.3) is 0 Å². The monoisotopic (exact) mass is 325 g/mol. The smallest absolute Gasteiger partial charge is 0.192 e. The van der Waals surface area contributed by atoms with Crippen LogP contribution in [0.4, 0.5) is 5.82 Å². The summed E-state index contributed by atoms with van der Waals surface area (Å²) in [5.41, 5.74) is 10.7. The van der Waals surface area contributed by atoms with E-state index in [0.717, 1.165) is 52.4 Å². The molecule has 1 fully saturated rings. The number of aromatic nitrogens is 2. The van der Waals surface area contributed by atoms with Crippen molar-refractivity contribution in [3.05, 3.63) is 12.3 Å². The van der Waals surface area contributed by atoms with Crippen LogP contribution in [0.5, 0.6) is 0 Å². The highest BCUT2D eigenvalue weighted by molar-refractivity contribution is 5.78. The Morgan fingerprint density at radius 2 is 1.74 bits per heavy atom. The molecule has 0 amide bonds. The number of guanidine groups is 1. The van der Waals surface area contributed by atoms with E-state index in [0.29, 0.717) is 5.82 Å². The van der Waals surface area contributed by atoms with E-state index >= 15 is 0 Å². The third kappa shape index (κ3) is 7.45. The summed E-state index contributed by atoms with van der Waals surface area (Å²) in [4.78, 5) is 8.81. The van der Waals surface area contributed by atoms with E-state index in [1.807, 2.05) is 30.8 Å². The molecular formula is C15H31N7O. The first-order valence-corrected chi connectivity index (χ1v) is 8.24. The van der Waals surface area contributed by atoms with Crippen molar-refractivity contribution in [2.45, 2.75) is 20.4 Å². The highest BCUT2D eigenvalue weighted by Crippen LogP contribution is 2.07. The van der Waals surface area contributed by atoms with Crippen LogP contribution in [0, 0.1) is 0 Å². The lowest BCUT2D eigenvalue weighted by atomic mass is 10.3. The number of rotatable bonds is 7. The van der Waals surface area contributed by atoms with Gasteiger partial charge in [0.05, 0.1) is 13.2 Å². The Balaban J connectivity index is 0.00000127. The van der Waals surface area contributed by atoms with Gasteiger partial charge < -0.3 is 16.2 Å². The Labute approximate surface area is 139 Å². The van der Waals surface area contributed by atoms with Crippen molar-refractivity contribution in [1.29, 1.82) is 0 Å². The summed E-state index contributed by atoms with van der Waals surface area (Å²) >= 11 is 0. The minimum absolute atomic E-state index is 0.0347. The number of piperazine rings is 1. The minimum Gasteiger partial charge on any atom is -0.383 e. The molecular weight excluding hydrogens is 294 g/mol. The molecule has 0 radical (unpaired) electrons. The van der Waals surface area contributed by atoms with Gasteiger partial charge in [0.2, 0.25) is 0 Å². The molecule has 0 atom stereocenters. The van der Waals surface area contributed by atoms with Crippen LogP contribution in [-0.4, -0.2) is 78.5 Å². The standard InChI is InChI=1S/C13H25N7O.C2H6/c1-21-11-10-19-6-4-18(5-7-19)8-9-20-3-2-12(17-20)16-13(14)15;1-2/h2-3H,4-11H2,1H3,(H4,14,15,16,17);1-2H3. The van der Waals surface area contributed by atoms with E-state index in [1.165, 1.54) is 0 Å². The largest absolute Gasteiger partial charge is 0.383 e. The van der Waals surface area contributed by atoms with Crippen LogP contribution in [0.1, 0.15) is 13.8 Å². The lowest BCUT2D eigenvalue weighted by Gasteiger charge is -2.34. The van der Waals surface area contributed by atoms with E-state index in [2.05, 4.69) is 19.9 Å². The zero-order valence-corrected chi connectivity index (χ0v) is 14.6. The number of hydrogen-bond acceptors (Lipinski definition) is 5. The number of hydrogen-bond donors (Lipinski definition) is 2. The summed E-state index contributed by atoms with van der Waals surface area (Å²) in [5.74, 6) is 0.590. The Morgan fingerprint density at radius 3 is 2.30 bits per heavy atom. The Kier molecular flexibility index (Phi) is 9.27. The molecule has 0 spiro atoms. The predicted octanol–water partition coefficient (Wildman–Crippen LogP) is 0.0782. The van der Waals surface area contributed by atoms with E-state index < -0.39 is 0 Å². The fourth-order valence-corrected chi connectivity index (χ4v) is 2.37. The van der Waals surface area contributed by atoms with Gasteiger partial charge in [-0.2, -0.15) is 10.1 Å². The molecule has 0 aliphatic carbocycles. The second-order valence-corrected chi connectivity index (χ2v) is 5.15. The lowest BCUT2D eigenvalue weighted by Crippen LogP contribution is -2.47. The van der Waals surface area contributed by atoms with Crippen LogP contribution < -0.4 is 11.5 Å². The molecule has 1 aromatic heterocycles. The van der Waals surface area contributed by atoms with E-state index in [-0.39, 0.29) is 5.96 Å². The van der Waals surface area contributed by atoms with E-state index in [9.17, 15) is 0 Å². The van der Waals surface area contributed by atoms with Gasteiger partial charge >= 0.3 is 0 Å². The van der Waals surface area contributed by atoms with Crippen molar-refractivity contribution in [3.8, 4) is 0 Å². The van der Waals surface area contributed by atoms with Gasteiger partial charge in [-0.05, 0) is 0 Å². The fraction of sp³-hybridized carbons (Fsp3) is 0.733. The molecule has 8 heteroatoms. The second-order valence-electron chi connectivity index (χ2n) is 5.15. The number of aliphatic imine (C=N–C) groups is 1. The van der Waals surface area contributed by atoms with E-state index in [1.54, 1.807) is 7.11 Å². The fourth-order valence-electron chi connectivity index (χ4n) is 2.37. The molecule has 0 aromatic carbocycles. The summed E-state index contributed by atoms with van der Waals surface area (Å²) in [6, 6.07) is 1.81. The third-order valence-corrected chi connectivity index (χ3v) is 3.59. The third-order valence-electron chi connectivity index (χ3n) is 3.59. The SMILES string of the molecule is CC.COCCN1CCN(CCn2ccc(N=C(N)N)n2)CC1. The molecule has 0 bridgehead atoms. The van der Waals surface area contributed by atoms with Crippen molar-refractivity contribution in [1.82, 2.24) is 19.6 Å². The van der Waals surface area contributed by atoms with Crippen molar-refractivity contribution in [2.75, 3.05) is 53.0 Å². The molecule has 4 N–H and O–H groups in total. The van der Waals surface area contributed by atoms with Crippen LogP contribution in [0.25, 0.3) is 0 Å². The summed E-state index contributed by atoms with van der Waals surface area (Å²) < 4.78 is 6.99. The Hall–Kier alpha value is -1.64. The molecule has 0 unspecified atom stereocenters. The topological polar surface area (TPSA) is 97.9 Å². The highest BCUT2D eigenvalue weighted by Gasteiger charge is 2.16. The van der Waals surface area contributed by atoms with Gasteiger partial charge in [-0.3, -0.25) is 14.5 Å². The second kappa shape index (κ2) is 11.0. The summed E-state index contributed by atoms with van der Waals surface area (Å²) in [5, 5.41) is 4.31. The molecule has 23 heavy (non-hydrogen) atoms. The summed E-state index contributed by atoms with van der Waals surface area (Å²) in [7, 11) is 1.75. The lowest BCUT2D eigenvalue weighted by molar-refractivity contribution is 0.0948. The Bertz CT molecular complexity index is 448. The minimum atomic E-state index is 0.0347. The normalized spacial score (nSPS) is 15.8. The maximum absolute atomic E-state index is 5.33. The van der Waals surface area contributed by atoms with Crippen LogP contribution in [0.15, 0.2) is 17.3 Å². The zero-order chi connectivity index (χ0) is 17.1. The number of methoxy groups -OCH3 is 1. The first kappa shape index (κ1) is 19.4. The maximum atomic E-state index is 5.33. The van der Waals surface area contributed by atoms with Crippen molar-refractivity contribution in [2.24, 2.45) is 16.5 Å². The molecule has 1 saturated heterocycles. The Morgan fingerprint density at radius 1 is 1.13 bits per heavy atom. The molecule has 1 aliphatic heterocycles. The van der Waals surface area contributed by atoms with Gasteiger partial charge in [0.1, 0.15) is 0 Å². The maximum Gasteiger partial charge on any atom is 0.192 e. The quantitative estimate of drug-likeness (QED) is 0.544. The van der Waals surface area contributed by atoms with Crippen LogP contribution in [0.2, 0.25) is 0 Å². The molecule has 8 nitrogen and oxygen atoms in total. The number of nitrogens with two attached hydrogens (primary N) is 2. The average molecular weight is 325 g/mol. The van der Waals surface area contributed by atoms with Gasteiger partial charge in [-0.15, -0.1) is 0 Å². The van der Waals surface area contributed by atoms with E-state index in [4.69, 9.17) is 16.2 Å². The molecule has 1 aliphatic rings. The van der Waals surface area contributed by atoms with Gasteiger partial charge in [-0.25, -0.2) is 0 Å². The molecule has 0 saturated carbocycles. The average Bonchev–Trinajstić information content (AvgIpc) is 3.00. The van der Waals surface area contributed by atoms with Gasteiger partial charge in [0.15, 0.2) is 11.8 Å². The summed E-state index contributed by atoms with van der Waals surface area (Å²) in [6.45, 7) is 12.0. The van der Waals surface area contributed by atoms with Crippen LogP contribution in [-0.2, 0) is 11.3 Å². The number of nitrogens with zero attached hydrogens (tertiary/aromatic N) is 5. The first-order chi connectivity index (χ1) is 11.2. The predicted molar refractivity (Wildman–Crippen MR) is 93.8 cm³/mol. The number of ether oxygens (including phenoxy) is 1. The van der Waals surface area contributed by atoms with Crippen LogP contribution in [0.3, 0.4) is 0 Å². The molecule has 132 valence electrons.